The molecule has 0 aliphatic heterocycles. The van der Waals surface area contributed by atoms with Gasteiger partial charge in [0.2, 0.25) is 0 Å². The van der Waals surface area contributed by atoms with Crippen LogP contribution in [0.3, 0.4) is 0 Å². The maximum absolute atomic E-state index is 15.0. The molecule has 4 rings (SSSR count). The Labute approximate surface area is 182 Å². The van der Waals surface area contributed by atoms with Crippen LogP contribution >= 0.6 is 0 Å². The number of aromatic nitrogens is 4. The third-order valence-corrected chi connectivity index (χ3v) is 5.70. The summed E-state index contributed by atoms with van der Waals surface area (Å²) in [7, 11) is -1.32. The minimum atomic E-state index is -3.96. The first-order chi connectivity index (χ1) is 15.3. The maximum atomic E-state index is 15.0. The number of ether oxygens (including phenoxy) is 1. The third-order valence-electron chi connectivity index (χ3n) is 4.68. The van der Waals surface area contributed by atoms with Crippen molar-refractivity contribution in [1.82, 2.24) is 24.7 Å². The van der Waals surface area contributed by atoms with Crippen molar-refractivity contribution in [3.8, 4) is 17.1 Å². The Morgan fingerprint density at radius 1 is 1.09 bits per heavy atom. The van der Waals surface area contributed by atoms with Crippen molar-refractivity contribution >= 4 is 32.7 Å². The van der Waals surface area contributed by atoms with E-state index < -0.39 is 21.8 Å². The number of carbonyl (C=O) groups excluding carboxylic acids is 1. The lowest BCUT2D eigenvalue weighted by Crippen LogP contribution is -2.27. The van der Waals surface area contributed by atoms with Gasteiger partial charge >= 0.3 is 6.01 Å². The van der Waals surface area contributed by atoms with Crippen molar-refractivity contribution in [2.45, 2.75) is 0 Å². The Bertz CT molecular complexity index is 1420. The highest BCUT2D eigenvalue weighted by Crippen LogP contribution is 2.28. The molecule has 32 heavy (non-hydrogen) atoms. The monoisotopic (exact) mass is 456 g/mol. The zero-order valence-corrected chi connectivity index (χ0v) is 17.7. The normalized spacial score (nSPS) is 11.5. The number of halogens is 1. The minimum Gasteiger partial charge on any atom is -0.467 e. The lowest BCUT2D eigenvalue weighted by molar-refractivity contribution is 0.103. The molecular formula is C20H17FN6O4S. The average Bonchev–Trinajstić information content (AvgIpc) is 3.23. The van der Waals surface area contributed by atoms with Crippen LogP contribution in [0.1, 0.15) is 15.9 Å². The minimum absolute atomic E-state index is 0.177. The fourth-order valence-corrected chi connectivity index (χ4v) is 3.60. The van der Waals surface area contributed by atoms with Crippen molar-refractivity contribution in [3.05, 3.63) is 66.0 Å². The molecule has 0 unspecified atom stereocenters. The highest BCUT2D eigenvalue weighted by Gasteiger charge is 2.22. The van der Waals surface area contributed by atoms with Gasteiger partial charge in [0.15, 0.2) is 11.6 Å². The number of rotatable bonds is 7. The zero-order valence-electron chi connectivity index (χ0n) is 16.9. The van der Waals surface area contributed by atoms with Crippen LogP contribution in [-0.2, 0) is 10.2 Å². The molecule has 3 heterocycles. The first kappa shape index (κ1) is 21.3. The molecule has 164 valence electrons. The second-order valence-corrected chi connectivity index (χ2v) is 8.21. The first-order valence-corrected chi connectivity index (χ1v) is 10.7. The molecular weight excluding hydrogens is 439 g/mol. The van der Waals surface area contributed by atoms with Gasteiger partial charge in [0.25, 0.3) is 10.2 Å². The lowest BCUT2D eigenvalue weighted by atomic mass is 10.0. The summed E-state index contributed by atoms with van der Waals surface area (Å²) < 4.78 is 47.4. The van der Waals surface area contributed by atoms with Gasteiger partial charge in [-0.25, -0.2) is 24.1 Å². The van der Waals surface area contributed by atoms with E-state index in [0.717, 1.165) is 0 Å². The molecule has 10 nitrogen and oxygen atoms in total. The summed E-state index contributed by atoms with van der Waals surface area (Å²) in [4.78, 5) is 28.5. The van der Waals surface area contributed by atoms with Gasteiger partial charge in [0.1, 0.15) is 5.65 Å². The number of carbonyl (C=O) groups is 1. The first-order valence-electron chi connectivity index (χ1n) is 9.21. The Morgan fingerprint density at radius 2 is 1.81 bits per heavy atom. The smallest absolute Gasteiger partial charge is 0.316 e. The summed E-state index contributed by atoms with van der Waals surface area (Å²) in [6.07, 6.45) is 6.13. The van der Waals surface area contributed by atoms with E-state index in [1.807, 2.05) is 9.44 Å². The number of benzene rings is 1. The number of fused-ring (bicyclic) bond motifs is 1. The van der Waals surface area contributed by atoms with Crippen LogP contribution in [0.2, 0.25) is 0 Å². The Morgan fingerprint density at radius 3 is 2.50 bits per heavy atom. The van der Waals surface area contributed by atoms with Crippen molar-refractivity contribution in [3.63, 3.8) is 0 Å². The summed E-state index contributed by atoms with van der Waals surface area (Å²) in [6.45, 7) is 0. The van der Waals surface area contributed by atoms with E-state index >= 15 is 0 Å². The SMILES string of the molecule is CNS(=O)(=O)Nc1cccc(C(=O)c2c[nH]c3ncc(-c4cnc(OC)nc4)cc23)c1F. The molecule has 4 aromatic rings. The van der Waals surface area contributed by atoms with E-state index in [0.29, 0.717) is 22.2 Å². The summed E-state index contributed by atoms with van der Waals surface area (Å²) in [5, 5.41) is 0.462. The molecule has 12 heteroatoms. The van der Waals surface area contributed by atoms with Crippen LogP contribution in [-0.4, -0.2) is 48.3 Å². The molecule has 0 saturated carbocycles. The number of aromatic amines is 1. The molecule has 0 spiro atoms. The molecule has 0 amide bonds. The average molecular weight is 456 g/mol. The Hall–Kier alpha value is -3.90. The van der Waals surface area contributed by atoms with Crippen LogP contribution in [0.25, 0.3) is 22.2 Å². The van der Waals surface area contributed by atoms with E-state index in [4.69, 9.17) is 4.74 Å². The van der Waals surface area contributed by atoms with Gasteiger partial charge in [0, 0.05) is 53.9 Å². The molecule has 0 fully saturated rings. The van der Waals surface area contributed by atoms with Crippen molar-refractivity contribution in [2.24, 2.45) is 0 Å². The van der Waals surface area contributed by atoms with E-state index in [-0.39, 0.29) is 22.8 Å². The topological polar surface area (TPSA) is 139 Å². The molecule has 3 N–H and O–H groups in total. The molecule has 0 aliphatic carbocycles. The Balaban J connectivity index is 1.74. The zero-order chi connectivity index (χ0) is 22.9. The van der Waals surface area contributed by atoms with Crippen LogP contribution in [0, 0.1) is 5.82 Å². The summed E-state index contributed by atoms with van der Waals surface area (Å²) in [5.41, 5.74) is 1.26. The third kappa shape index (κ3) is 4.00. The van der Waals surface area contributed by atoms with Gasteiger partial charge in [-0.3, -0.25) is 9.52 Å². The van der Waals surface area contributed by atoms with Gasteiger partial charge < -0.3 is 9.72 Å². The molecule has 0 bridgehead atoms. The molecule has 0 aliphatic rings. The number of hydrogen-bond acceptors (Lipinski definition) is 7. The molecule has 0 radical (unpaired) electrons. The van der Waals surface area contributed by atoms with E-state index in [2.05, 4.69) is 19.9 Å². The number of pyridine rings is 1. The fourth-order valence-electron chi connectivity index (χ4n) is 3.05. The summed E-state index contributed by atoms with van der Waals surface area (Å²) >= 11 is 0. The summed E-state index contributed by atoms with van der Waals surface area (Å²) in [5.74, 6) is -1.62. The van der Waals surface area contributed by atoms with Crippen molar-refractivity contribution < 1.29 is 22.3 Å². The van der Waals surface area contributed by atoms with Gasteiger partial charge in [0.05, 0.1) is 18.4 Å². The number of methoxy groups -OCH3 is 1. The maximum Gasteiger partial charge on any atom is 0.316 e. The number of hydrogen-bond donors (Lipinski definition) is 3. The van der Waals surface area contributed by atoms with Crippen LogP contribution < -0.4 is 14.2 Å². The van der Waals surface area contributed by atoms with Gasteiger partial charge in [-0.2, -0.15) is 8.42 Å². The summed E-state index contributed by atoms with van der Waals surface area (Å²) in [6, 6.07) is 5.81. The number of anilines is 1. The van der Waals surface area contributed by atoms with Crippen LogP contribution in [0.15, 0.2) is 49.1 Å². The van der Waals surface area contributed by atoms with Gasteiger partial charge in [-0.1, -0.05) is 6.07 Å². The number of nitrogens with one attached hydrogen (secondary N) is 3. The van der Waals surface area contributed by atoms with Crippen LogP contribution in [0.4, 0.5) is 10.1 Å². The second-order valence-electron chi connectivity index (χ2n) is 6.59. The van der Waals surface area contributed by atoms with Gasteiger partial charge in [-0.15, -0.1) is 0 Å². The Kier molecular flexibility index (Phi) is 5.55. The highest BCUT2D eigenvalue weighted by atomic mass is 32.2. The molecule has 0 saturated heterocycles. The largest absolute Gasteiger partial charge is 0.467 e. The lowest BCUT2D eigenvalue weighted by Gasteiger charge is -2.10. The van der Waals surface area contributed by atoms with E-state index in [9.17, 15) is 17.6 Å². The highest BCUT2D eigenvalue weighted by molar-refractivity contribution is 7.90. The van der Waals surface area contributed by atoms with E-state index in [1.165, 1.54) is 38.6 Å². The van der Waals surface area contributed by atoms with Crippen LogP contribution in [0.5, 0.6) is 6.01 Å². The molecule has 3 aromatic heterocycles. The predicted molar refractivity (Wildman–Crippen MR) is 115 cm³/mol. The van der Waals surface area contributed by atoms with Gasteiger partial charge in [-0.05, 0) is 18.2 Å². The number of ketones is 1. The quantitative estimate of drug-likeness (QED) is 0.363. The molecule has 1 aromatic carbocycles. The number of nitrogens with zero attached hydrogens (tertiary/aromatic N) is 3. The van der Waals surface area contributed by atoms with Crippen molar-refractivity contribution in [1.29, 1.82) is 0 Å². The second kappa shape index (κ2) is 8.32. The fraction of sp³-hybridized carbons (Fsp3) is 0.100. The van der Waals surface area contributed by atoms with Crippen molar-refractivity contribution in [2.75, 3.05) is 18.9 Å². The number of H-pyrrole nitrogens is 1. The predicted octanol–water partition coefficient (Wildman–Crippen LogP) is 2.27. The van der Waals surface area contributed by atoms with E-state index in [1.54, 1.807) is 24.7 Å². The molecule has 0 atom stereocenters. The standard InChI is InChI=1S/C20H17FN6O4S/c1-22-32(29,30)27-16-5-3-4-13(17(16)21)18(28)15-10-24-19-14(15)6-11(7-23-19)12-8-25-20(31-2)26-9-12/h3-10,22,27H,1-2H3,(H,23,24).